The molecular weight excluding hydrogens is 481 g/mol. The lowest BCUT2D eigenvalue weighted by atomic mass is 10.2. The Morgan fingerprint density at radius 2 is 1.78 bits per heavy atom. The zero-order chi connectivity index (χ0) is 25.3. The number of anilines is 1. The largest absolute Gasteiger partial charge is 0.483 e. The lowest BCUT2D eigenvalue weighted by Gasteiger charge is -2.14. The van der Waals surface area contributed by atoms with Crippen LogP contribution >= 0.6 is 11.8 Å². The van der Waals surface area contributed by atoms with Crippen LogP contribution in [0.15, 0.2) is 88.8 Å². The van der Waals surface area contributed by atoms with Gasteiger partial charge in [-0.1, -0.05) is 36.4 Å². The fourth-order valence-electron chi connectivity index (χ4n) is 3.33. The predicted molar refractivity (Wildman–Crippen MR) is 140 cm³/mol. The van der Waals surface area contributed by atoms with E-state index < -0.39 is 5.91 Å². The van der Waals surface area contributed by atoms with Crippen LogP contribution in [0.3, 0.4) is 0 Å². The van der Waals surface area contributed by atoms with Crippen molar-refractivity contribution in [2.24, 2.45) is 4.99 Å². The Balaban J connectivity index is 1.50. The van der Waals surface area contributed by atoms with Crippen LogP contribution in [-0.4, -0.2) is 48.8 Å². The van der Waals surface area contributed by atoms with Crippen LogP contribution in [0.25, 0.3) is 6.08 Å². The molecule has 4 rings (SSSR count). The average Bonchev–Trinajstić information content (AvgIpc) is 3.17. The highest BCUT2D eigenvalue weighted by atomic mass is 32.2. The van der Waals surface area contributed by atoms with Crippen LogP contribution in [0.4, 0.5) is 15.8 Å². The molecule has 184 valence electrons. The van der Waals surface area contributed by atoms with E-state index in [0.29, 0.717) is 40.2 Å². The first-order chi connectivity index (χ1) is 17.5. The van der Waals surface area contributed by atoms with Gasteiger partial charge in [0.15, 0.2) is 11.8 Å². The molecule has 0 radical (unpaired) electrons. The summed E-state index contributed by atoms with van der Waals surface area (Å²) in [6.07, 6.45) is 1.73. The van der Waals surface area contributed by atoms with Crippen molar-refractivity contribution in [2.45, 2.75) is 0 Å². The van der Waals surface area contributed by atoms with Crippen LogP contribution in [0, 0.1) is 5.82 Å². The summed E-state index contributed by atoms with van der Waals surface area (Å²) in [5.74, 6) is -0.512. The quantitative estimate of drug-likeness (QED) is 0.410. The summed E-state index contributed by atoms with van der Waals surface area (Å²) >= 11 is 1.27. The van der Waals surface area contributed by atoms with Gasteiger partial charge in [0.05, 0.1) is 23.7 Å². The monoisotopic (exact) mass is 505 g/mol. The average molecular weight is 506 g/mol. The fourth-order valence-corrected chi connectivity index (χ4v) is 4.35. The minimum atomic E-state index is -0.390. The molecule has 1 heterocycles. The van der Waals surface area contributed by atoms with Gasteiger partial charge in [-0.05, 0) is 60.3 Å². The molecule has 1 aliphatic rings. The van der Waals surface area contributed by atoms with Crippen molar-refractivity contribution in [2.75, 3.05) is 32.2 Å². The molecule has 1 saturated heterocycles. The molecule has 7 nitrogen and oxygen atoms in total. The number of amidine groups is 1. The highest BCUT2D eigenvalue weighted by Gasteiger charge is 2.33. The van der Waals surface area contributed by atoms with Gasteiger partial charge in [0.1, 0.15) is 11.6 Å². The highest BCUT2D eigenvalue weighted by Crippen LogP contribution is 2.35. The van der Waals surface area contributed by atoms with E-state index in [1.54, 1.807) is 36.3 Å². The van der Waals surface area contributed by atoms with Gasteiger partial charge in [0.25, 0.3) is 11.8 Å². The van der Waals surface area contributed by atoms with Gasteiger partial charge < -0.3 is 14.8 Å². The first kappa shape index (κ1) is 25.2. The summed E-state index contributed by atoms with van der Waals surface area (Å²) in [4.78, 5) is 32.2. The minimum absolute atomic E-state index is 0.185. The zero-order valence-electron chi connectivity index (χ0n) is 19.5. The molecule has 1 aliphatic heterocycles. The molecule has 0 unspecified atom stereocenters. The third-order valence-electron chi connectivity index (χ3n) is 5.08. The van der Waals surface area contributed by atoms with Crippen molar-refractivity contribution in [3.63, 3.8) is 0 Å². The molecular formula is C27H24FN3O4S. The second-order valence-corrected chi connectivity index (χ2v) is 8.68. The Labute approximate surface area is 212 Å². The number of hydrogen-bond acceptors (Lipinski definition) is 6. The van der Waals surface area contributed by atoms with Crippen LogP contribution in [0.2, 0.25) is 0 Å². The van der Waals surface area contributed by atoms with Crippen LogP contribution in [0.5, 0.6) is 5.75 Å². The number of carbonyl (C=O) groups excluding carboxylic acids is 2. The molecule has 1 N–H and O–H groups in total. The molecule has 36 heavy (non-hydrogen) atoms. The lowest BCUT2D eigenvalue weighted by molar-refractivity contribution is -0.122. The summed E-state index contributed by atoms with van der Waals surface area (Å²) in [5.41, 5.74) is 1.86. The Hall–Kier alpha value is -3.95. The standard InChI is InChI=1S/C27H24FN3O4S/c1-34-16-15-31-26(33)24(36-27(31)30-21-8-3-2-4-9-21)17-19-7-5-6-10-23(19)35-18-25(32)29-22-13-11-20(28)12-14-22/h2-14,17H,15-16,18H2,1H3,(H,29,32). The fraction of sp³-hybridized carbons (Fsp3) is 0.148. The van der Waals surface area contributed by atoms with Crippen molar-refractivity contribution in [1.29, 1.82) is 0 Å². The summed E-state index contributed by atoms with van der Waals surface area (Å²) in [6.45, 7) is 0.489. The van der Waals surface area contributed by atoms with Gasteiger partial charge in [-0.3, -0.25) is 14.5 Å². The summed E-state index contributed by atoms with van der Waals surface area (Å²) in [7, 11) is 1.58. The number of para-hydroxylation sites is 2. The number of nitrogens with one attached hydrogen (secondary N) is 1. The molecule has 0 atom stereocenters. The molecule has 0 aliphatic carbocycles. The van der Waals surface area contributed by atoms with Crippen LogP contribution in [0.1, 0.15) is 5.56 Å². The number of rotatable bonds is 9. The molecule has 3 aromatic carbocycles. The number of nitrogens with zero attached hydrogens (tertiary/aromatic N) is 2. The van der Waals surface area contributed by atoms with Crippen LogP contribution < -0.4 is 10.1 Å². The van der Waals surface area contributed by atoms with E-state index >= 15 is 0 Å². The molecule has 9 heteroatoms. The summed E-state index contributed by atoms with van der Waals surface area (Å²) in [5, 5.41) is 3.22. The van der Waals surface area contributed by atoms with Gasteiger partial charge in [-0.25, -0.2) is 9.38 Å². The van der Waals surface area contributed by atoms with Crippen molar-refractivity contribution in [3.8, 4) is 5.75 Å². The van der Waals surface area contributed by atoms with Gasteiger partial charge in [0, 0.05) is 18.4 Å². The Morgan fingerprint density at radius 3 is 2.53 bits per heavy atom. The number of methoxy groups -OCH3 is 1. The number of hydrogen-bond donors (Lipinski definition) is 1. The number of benzene rings is 3. The van der Waals surface area contributed by atoms with Crippen molar-refractivity contribution >= 4 is 46.2 Å². The molecule has 0 aromatic heterocycles. The van der Waals surface area contributed by atoms with Gasteiger partial charge in [-0.2, -0.15) is 0 Å². The maximum atomic E-state index is 13.2. The van der Waals surface area contributed by atoms with Gasteiger partial charge in [0.2, 0.25) is 0 Å². The Kier molecular flexibility index (Phi) is 8.48. The van der Waals surface area contributed by atoms with Crippen molar-refractivity contribution < 1.29 is 23.5 Å². The third-order valence-corrected chi connectivity index (χ3v) is 6.09. The Bertz CT molecular complexity index is 1280. The summed E-state index contributed by atoms with van der Waals surface area (Å²) < 4.78 is 24.0. The van der Waals surface area contributed by atoms with E-state index in [2.05, 4.69) is 10.3 Å². The number of carbonyl (C=O) groups is 2. The van der Waals surface area contributed by atoms with Gasteiger partial charge >= 0.3 is 0 Å². The van der Waals surface area contributed by atoms with Crippen molar-refractivity contribution in [3.05, 3.63) is 95.1 Å². The Morgan fingerprint density at radius 1 is 1.06 bits per heavy atom. The molecule has 1 fully saturated rings. The minimum Gasteiger partial charge on any atom is -0.483 e. The van der Waals surface area contributed by atoms with Gasteiger partial charge in [-0.15, -0.1) is 0 Å². The predicted octanol–water partition coefficient (Wildman–Crippen LogP) is 5.09. The smallest absolute Gasteiger partial charge is 0.266 e. The molecule has 0 saturated carbocycles. The van der Waals surface area contributed by atoms with Crippen molar-refractivity contribution in [1.82, 2.24) is 4.90 Å². The van der Waals surface area contributed by atoms with E-state index in [0.717, 1.165) is 5.69 Å². The normalized spacial score (nSPS) is 15.5. The molecule has 2 amide bonds. The van der Waals surface area contributed by atoms with E-state index in [1.807, 2.05) is 36.4 Å². The number of amides is 2. The highest BCUT2D eigenvalue weighted by molar-refractivity contribution is 8.18. The second-order valence-electron chi connectivity index (χ2n) is 7.67. The number of ether oxygens (including phenoxy) is 2. The number of aliphatic imine (C=N–C) groups is 1. The SMILES string of the molecule is COCCN1C(=O)C(=Cc2ccccc2OCC(=O)Nc2ccc(F)cc2)SC1=Nc1ccccc1. The first-order valence-electron chi connectivity index (χ1n) is 11.1. The van der Waals surface area contributed by atoms with E-state index in [-0.39, 0.29) is 18.3 Å². The lowest BCUT2D eigenvalue weighted by Crippen LogP contribution is -2.32. The number of thioether (sulfide) groups is 1. The maximum Gasteiger partial charge on any atom is 0.266 e. The summed E-state index contributed by atoms with van der Waals surface area (Å²) in [6, 6.07) is 22.0. The molecule has 0 bridgehead atoms. The van der Waals surface area contributed by atoms with E-state index in [9.17, 15) is 14.0 Å². The molecule has 0 spiro atoms. The van der Waals surface area contributed by atoms with E-state index in [4.69, 9.17) is 9.47 Å². The second kappa shape index (κ2) is 12.1. The third kappa shape index (κ3) is 6.59. The molecule has 3 aromatic rings. The number of halogens is 1. The zero-order valence-corrected chi connectivity index (χ0v) is 20.3. The maximum absolute atomic E-state index is 13.2. The topological polar surface area (TPSA) is 80.2 Å². The first-order valence-corrected chi connectivity index (χ1v) is 12.0. The van der Waals surface area contributed by atoms with Crippen LogP contribution in [-0.2, 0) is 14.3 Å². The van der Waals surface area contributed by atoms with E-state index in [1.165, 1.54) is 36.0 Å².